The van der Waals surface area contributed by atoms with Crippen molar-refractivity contribution < 1.29 is 4.79 Å². The molecule has 3 rings (SSSR count). The van der Waals surface area contributed by atoms with Crippen LogP contribution in [0.1, 0.15) is 47.2 Å². The monoisotopic (exact) mass is 514 g/mol. The normalized spacial score (nSPS) is 11.4. The van der Waals surface area contributed by atoms with Gasteiger partial charge in [-0.25, -0.2) is 4.98 Å². The second-order valence-electron chi connectivity index (χ2n) is 7.76. The van der Waals surface area contributed by atoms with Crippen LogP contribution in [0.4, 0.5) is 5.69 Å². The number of para-hydroxylation sites is 1. The second-order valence-corrected chi connectivity index (χ2v) is 7.76. The van der Waals surface area contributed by atoms with Gasteiger partial charge in [0.1, 0.15) is 0 Å². The molecule has 38 heavy (non-hydrogen) atoms. The summed E-state index contributed by atoms with van der Waals surface area (Å²) in [6.07, 6.45) is 13.9. The Bertz CT molecular complexity index is 1080. The van der Waals surface area contributed by atoms with E-state index in [1.807, 2.05) is 70.3 Å². The Kier molecular flexibility index (Phi) is 19.9. The third-order valence-electron chi connectivity index (χ3n) is 5.00. The van der Waals surface area contributed by atoms with Crippen LogP contribution in [0.25, 0.3) is 11.1 Å². The van der Waals surface area contributed by atoms with E-state index in [0.29, 0.717) is 0 Å². The van der Waals surface area contributed by atoms with E-state index in [9.17, 15) is 4.79 Å². The average molecular weight is 515 g/mol. The quantitative estimate of drug-likeness (QED) is 0.110. The number of benzene rings is 2. The van der Waals surface area contributed by atoms with E-state index in [2.05, 4.69) is 89.2 Å². The molecule has 5 nitrogen and oxygen atoms in total. The van der Waals surface area contributed by atoms with Crippen molar-refractivity contribution in [2.24, 2.45) is 0 Å². The maximum atomic E-state index is 10.9. The van der Waals surface area contributed by atoms with E-state index in [0.717, 1.165) is 29.9 Å². The highest BCUT2D eigenvalue weighted by Gasteiger charge is 2.07. The predicted octanol–water partition coefficient (Wildman–Crippen LogP) is 8.15. The topological polar surface area (TPSA) is 69.8 Å². The molecule has 0 bridgehead atoms. The second kappa shape index (κ2) is 22.3. The zero-order valence-electron chi connectivity index (χ0n) is 24.0. The summed E-state index contributed by atoms with van der Waals surface area (Å²) < 4.78 is 0. The fraction of sp³-hybridized carbons (Fsp3) is 0.273. The van der Waals surface area contributed by atoms with Crippen LogP contribution in [0.3, 0.4) is 0 Å². The molecule has 1 unspecified atom stereocenters. The number of anilines is 1. The summed E-state index contributed by atoms with van der Waals surface area (Å²) in [5.74, 6) is 0.0983. The lowest BCUT2D eigenvalue weighted by molar-refractivity contribution is -0.113. The first-order chi connectivity index (χ1) is 18.5. The van der Waals surface area contributed by atoms with Crippen molar-refractivity contribution in [3.8, 4) is 11.1 Å². The Morgan fingerprint density at radius 1 is 1.03 bits per heavy atom. The van der Waals surface area contributed by atoms with Gasteiger partial charge in [-0.05, 0) is 39.3 Å². The molecule has 0 aliphatic carbocycles. The minimum Gasteiger partial charge on any atom is -0.370 e. The van der Waals surface area contributed by atoms with Crippen LogP contribution >= 0.6 is 0 Å². The molecule has 0 aliphatic rings. The third-order valence-corrected chi connectivity index (χ3v) is 5.00. The molecular formula is C33H46N4O. The molecule has 2 aromatic carbocycles. The van der Waals surface area contributed by atoms with Gasteiger partial charge in [-0.1, -0.05) is 92.8 Å². The molecule has 1 heterocycles. The zero-order valence-corrected chi connectivity index (χ0v) is 24.0. The minimum atomic E-state index is 0.0983. The van der Waals surface area contributed by atoms with Crippen LogP contribution in [0, 0.1) is 0 Å². The first kappa shape index (κ1) is 34.0. The zero-order chi connectivity index (χ0) is 28.6. The molecule has 5 heteroatoms. The highest BCUT2D eigenvalue weighted by atomic mass is 16.1. The van der Waals surface area contributed by atoms with Crippen molar-refractivity contribution in [1.82, 2.24) is 15.3 Å². The highest BCUT2D eigenvalue weighted by molar-refractivity contribution is 5.96. The lowest BCUT2D eigenvalue weighted by atomic mass is 10.0. The SMILES string of the molecule is C=C.CC.CC(NCCc1cnc[nH]1)Nc1ccccc1-c1ccccc1.C\C=C/C=C(\C=C/C)C(C)=O. The van der Waals surface area contributed by atoms with Crippen molar-refractivity contribution in [1.29, 1.82) is 0 Å². The van der Waals surface area contributed by atoms with Gasteiger partial charge >= 0.3 is 0 Å². The molecular weight excluding hydrogens is 468 g/mol. The molecule has 3 N–H and O–H groups in total. The molecule has 0 fully saturated rings. The van der Waals surface area contributed by atoms with Gasteiger partial charge < -0.3 is 10.3 Å². The molecule has 0 radical (unpaired) electrons. The van der Waals surface area contributed by atoms with Crippen LogP contribution in [-0.2, 0) is 11.2 Å². The van der Waals surface area contributed by atoms with Gasteiger partial charge in [0.05, 0.1) is 12.5 Å². The van der Waals surface area contributed by atoms with E-state index in [1.54, 1.807) is 13.3 Å². The third kappa shape index (κ3) is 14.0. The number of nitrogens with one attached hydrogen (secondary N) is 3. The molecule has 0 aliphatic heterocycles. The summed E-state index contributed by atoms with van der Waals surface area (Å²) in [5, 5.41) is 7.04. The van der Waals surface area contributed by atoms with E-state index in [1.165, 1.54) is 11.1 Å². The summed E-state index contributed by atoms with van der Waals surface area (Å²) >= 11 is 0. The van der Waals surface area contributed by atoms with E-state index >= 15 is 0 Å². The van der Waals surface area contributed by atoms with Crippen LogP contribution in [-0.4, -0.2) is 28.5 Å². The molecule has 0 saturated carbocycles. The number of nitrogens with zero attached hydrogens (tertiary/aromatic N) is 1. The molecule has 0 amide bonds. The van der Waals surface area contributed by atoms with Gasteiger partial charge in [0.15, 0.2) is 5.78 Å². The molecule has 1 aromatic heterocycles. The van der Waals surface area contributed by atoms with Crippen molar-refractivity contribution in [3.05, 3.63) is 122 Å². The average Bonchev–Trinajstić information content (AvgIpc) is 3.48. The number of carbonyl (C=O) groups is 1. The molecule has 0 spiro atoms. The molecule has 0 saturated heterocycles. The van der Waals surface area contributed by atoms with Gasteiger partial charge in [-0.3, -0.25) is 10.1 Å². The number of aromatic amines is 1. The first-order valence-electron chi connectivity index (χ1n) is 13.1. The van der Waals surface area contributed by atoms with Crippen molar-refractivity contribution in [3.63, 3.8) is 0 Å². The van der Waals surface area contributed by atoms with E-state index < -0.39 is 0 Å². The largest absolute Gasteiger partial charge is 0.370 e. The number of rotatable bonds is 10. The number of ketones is 1. The van der Waals surface area contributed by atoms with Crippen LogP contribution in [0.5, 0.6) is 0 Å². The Hall–Kier alpha value is -3.96. The van der Waals surface area contributed by atoms with Crippen LogP contribution < -0.4 is 10.6 Å². The van der Waals surface area contributed by atoms with E-state index in [-0.39, 0.29) is 11.9 Å². The summed E-state index contributed by atoms with van der Waals surface area (Å²) in [6.45, 7) is 18.4. The number of hydrogen-bond acceptors (Lipinski definition) is 4. The van der Waals surface area contributed by atoms with Crippen LogP contribution in [0.2, 0.25) is 0 Å². The maximum absolute atomic E-state index is 10.9. The van der Waals surface area contributed by atoms with Gasteiger partial charge in [0.2, 0.25) is 0 Å². The number of imidazole rings is 1. The molecule has 3 aromatic rings. The lowest BCUT2D eigenvalue weighted by Gasteiger charge is -2.19. The van der Waals surface area contributed by atoms with Crippen molar-refractivity contribution in [2.75, 3.05) is 11.9 Å². The lowest BCUT2D eigenvalue weighted by Crippen LogP contribution is -2.34. The van der Waals surface area contributed by atoms with Crippen LogP contribution in [0.15, 0.2) is 116 Å². The number of aromatic nitrogens is 2. The number of hydrogen-bond donors (Lipinski definition) is 3. The van der Waals surface area contributed by atoms with Gasteiger partial charge in [-0.15, -0.1) is 13.2 Å². The summed E-state index contributed by atoms with van der Waals surface area (Å²) in [4.78, 5) is 18.0. The summed E-state index contributed by atoms with van der Waals surface area (Å²) in [7, 11) is 0. The fourth-order valence-corrected chi connectivity index (χ4v) is 3.28. The smallest absolute Gasteiger partial charge is 0.159 e. The summed E-state index contributed by atoms with van der Waals surface area (Å²) in [6, 6.07) is 18.9. The Morgan fingerprint density at radius 3 is 2.26 bits per heavy atom. The number of Topliss-reactive ketones (excluding diaryl/α,β-unsaturated/α-hetero) is 1. The van der Waals surface area contributed by atoms with Crippen molar-refractivity contribution >= 4 is 11.5 Å². The number of carbonyl (C=O) groups excluding carboxylic acids is 1. The molecule has 1 atom stereocenters. The van der Waals surface area contributed by atoms with Crippen molar-refractivity contribution in [2.45, 2.75) is 54.1 Å². The highest BCUT2D eigenvalue weighted by Crippen LogP contribution is 2.27. The standard InChI is InChI=1S/C19H22N4.C10H14O.C2H6.C2H4/c1-15(21-12-11-17-13-20-14-22-17)23-19-10-6-5-9-18(19)16-7-3-2-4-8-16;1-4-6-8-10(7-5-2)9(3)11;2*1-2/h2-10,13-15,21,23H,11-12H2,1H3,(H,20,22);4-8H,1-3H3;1-2H3;1-2H2/b;6-4-,7-5-,10-8+;;. The summed E-state index contributed by atoms with van der Waals surface area (Å²) in [5.41, 5.74) is 5.47. The Morgan fingerprint density at radius 2 is 1.68 bits per heavy atom. The maximum Gasteiger partial charge on any atom is 0.159 e. The first-order valence-corrected chi connectivity index (χ1v) is 13.1. The number of allylic oxidation sites excluding steroid dienone is 6. The van der Waals surface area contributed by atoms with Gasteiger partial charge in [0.25, 0.3) is 0 Å². The van der Waals surface area contributed by atoms with E-state index in [4.69, 9.17) is 0 Å². The minimum absolute atomic E-state index is 0.0983. The number of H-pyrrole nitrogens is 1. The molecule has 204 valence electrons. The Labute approximate surface area is 230 Å². The van der Waals surface area contributed by atoms with Gasteiger partial charge in [-0.2, -0.15) is 0 Å². The fourth-order valence-electron chi connectivity index (χ4n) is 3.28. The Balaban J connectivity index is 0.000000774. The van der Waals surface area contributed by atoms with Gasteiger partial charge in [0, 0.05) is 41.7 Å². The predicted molar refractivity (Wildman–Crippen MR) is 166 cm³/mol.